The van der Waals surface area contributed by atoms with Crippen molar-refractivity contribution in [2.75, 3.05) is 12.0 Å². The van der Waals surface area contributed by atoms with Gasteiger partial charge in [-0.25, -0.2) is 13.8 Å². The highest BCUT2D eigenvalue weighted by Gasteiger charge is 2.48. The number of aromatic nitrogens is 3. The van der Waals surface area contributed by atoms with E-state index in [0.717, 1.165) is 4.68 Å². The molecule has 2 aromatic rings. The molecule has 4 rings (SSSR count). The molecule has 0 saturated carbocycles. The van der Waals surface area contributed by atoms with Crippen LogP contribution >= 0.6 is 15.9 Å². The van der Waals surface area contributed by atoms with E-state index >= 15 is 0 Å². The number of pyridine rings is 1. The van der Waals surface area contributed by atoms with E-state index < -0.39 is 43.2 Å². The van der Waals surface area contributed by atoms with Gasteiger partial charge in [0.05, 0.1) is 17.9 Å². The lowest BCUT2D eigenvalue weighted by Gasteiger charge is -2.37. The molecule has 0 aliphatic carbocycles. The number of hydrogen-bond acceptors (Lipinski definition) is 6. The monoisotopic (exact) mass is 507 g/mol. The van der Waals surface area contributed by atoms with Gasteiger partial charge in [0.25, 0.3) is 5.92 Å². The van der Waals surface area contributed by atoms with Crippen molar-refractivity contribution in [3.8, 4) is 0 Å². The highest BCUT2D eigenvalue weighted by Crippen LogP contribution is 2.43. The van der Waals surface area contributed by atoms with Crippen LogP contribution in [0.1, 0.15) is 36.7 Å². The number of halogens is 5. The summed E-state index contributed by atoms with van der Waals surface area (Å²) in [6.45, 7) is 0.197. The van der Waals surface area contributed by atoms with E-state index in [0.29, 0.717) is 5.69 Å². The van der Waals surface area contributed by atoms with Gasteiger partial charge in [0.15, 0.2) is 12.2 Å². The van der Waals surface area contributed by atoms with Crippen molar-refractivity contribution in [2.24, 2.45) is 0 Å². The molecule has 1 unspecified atom stereocenters. The second kappa shape index (κ2) is 7.98. The van der Waals surface area contributed by atoms with E-state index in [9.17, 15) is 27.8 Å². The van der Waals surface area contributed by atoms with Gasteiger partial charge in [-0.2, -0.15) is 13.9 Å². The quantitative estimate of drug-likeness (QED) is 0.335. The maximum absolute atomic E-state index is 15.0. The van der Waals surface area contributed by atoms with Crippen LogP contribution in [0.4, 0.5) is 23.2 Å². The predicted octanol–water partition coefficient (Wildman–Crippen LogP) is 2.90. The summed E-state index contributed by atoms with van der Waals surface area (Å²) in [6, 6.07) is 1.04. The Morgan fingerprint density at radius 3 is 2.84 bits per heavy atom. The van der Waals surface area contributed by atoms with Crippen LogP contribution in [-0.2, 0) is 25.4 Å². The number of nitrogens with zero attached hydrogens (tertiary/aromatic N) is 4. The number of nitrogens with one attached hydrogen (secondary N) is 1. The standard InChI is InChI=1S/C19H22BrF4N5O2/c1-10-6-13-11(7-28(10)17(30)26-12-2-5-25-16(20)14(12)22)15-19(23,24)4-3-18(31,8-21)9-29(15)27-13/h2,5,10,17,30-31H,3-4,6-9H2,1H3,(H,25,26)/t10-,17?,18-/m1/s1. The fourth-order valence-corrected chi connectivity index (χ4v) is 4.52. The smallest absolute Gasteiger partial charge is 0.289 e. The molecular weight excluding hydrogens is 486 g/mol. The topological polar surface area (TPSA) is 86.4 Å². The Labute approximate surface area is 184 Å². The van der Waals surface area contributed by atoms with Crippen LogP contribution in [0.25, 0.3) is 0 Å². The van der Waals surface area contributed by atoms with Gasteiger partial charge in [0, 0.05) is 37.2 Å². The van der Waals surface area contributed by atoms with E-state index in [1.54, 1.807) is 6.92 Å². The van der Waals surface area contributed by atoms with Crippen LogP contribution in [0.3, 0.4) is 0 Å². The Morgan fingerprint density at radius 1 is 1.39 bits per heavy atom. The Hall–Kier alpha value is -1.76. The number of aliphatic hydroxyl groups excluding tert-OH is 1. The van der Waals surface area contributed by atoms with E-state index in [4.69, 9.17) is 0 Å². The van der Waals surface area contributed by atoms with Crippen molar-refractivity contribution in [3.05, 3.63) is 39.6 Å². The summed E-state index contributed by atoms with van der Waals surface area (Å²) >= 11 is 2.97. The molecule has 0 spiro atoms. The number of fused-ring (bicyclic) bond motifs is 3. The molecule has 31 heavy (non-hydrogen) atoms. The molecule has 0 radical (unpaired) electrons. The highest BCUT2D eigenvalue weighted by atomic mass is 79.9. The van der Waals surface area contributed by atoms with Crippen LogP contribution in [0.15, 0.2) is 16.9 Å². The molecule has 2 aromatic heterocycles. The first-order chi connectivity index (χ1) is 14.5. The molecule has 2 aliphatic heterocycles. The Morgan fingerprint density at radius 2 is 2.13 bits per heavy atom. The summed E-state index contributed by atoms with van der Waals surface area (Å²) in [6.07, 6.45) is -0.872. The predicted molar refractivity (Wildman–Crippen MR) is 107 cm³/mol. The molecule has 3 N–H and O–H groups in total. The first kappa shape index (κ1) is 22.4. The highest BCUT2D eigenvalue weighted by molar-refractivity contribution is 9.10. The van der Waals surface area contributed by atoms with E-state index in [1.807, 2.05) is 0 Å². The SMILES string of the molecule is C[C@@H]1Cc2nn3c(c2CN1C(O)Nc1ccnc(Br)c1F)C(F)(F)CC[C@@](O)(CF)C3. The minimum Gasteiger partial charge on any atom is -0.385 e. The minimum atomic E-state index is -3.31. The zero-order valence-corrected chi connectivity index (χ0v) is 18.2. The second-order valence-electron chi connectivity index (χ2n) is 8.20. The molecule has 0 bridgehead atoms. The average Bonchev–Trinajstić information content (AvgIpc) is 3.01. The van der Waals surface area contributed by atoms with Gasteiger partial charge in [0.1, 0.15) is 22.6 Å². The Bertz CT molecular complexity index is 990. The molecule has 4 heterocycles. The Balaban J connectivity index is 1.65. The van der Waals surface area contributed by atoms with Crippen molar-refractivity contribution in [3.63, 3.8) is 0 Å². The van der Waals surface area contributed by atoms with Crippen LogP contribution in [0, 0.1) is 5.82 Å². The first-order valence-electron chi connectivity index (χ1n) is 9.80. The number of alkyl halides is 3. The summed E-state index contributed by atoms with van der Waals surface area (Å²) in [5.74, 6) is -4.00. The molecule has 3 atom stereocenters. The van der Waals surface area contributed by atoms with Crippen molar-refractivity contribution in [1.82, 2.24) is 19.7 Å². The summed E-state index contributed by atoms with van der Waals surface area (Å²) in [4.78, 5) is 5.27. The lowest BCUT2D eigenvalue weighted by molar-refractivity contribution is -0.0494. The number of anilines is 1. The molecule has 0 amide bonds. The van der Waals surface area contributed by atoms with E-state index in [-0.39, 0.29) is 47.1 Å². The summed E-state index contributed by atoms with van der Waals surface area (Å²) in [5.41, 5.74) is -1.61. The van der Waals surface area contributed by atoms with Crippen molar-refractivity contribution < 1.29 is 27.8 Å². The zero-order valence-electron chi connectivity index (χ0n) is 16.6. The normalized spacial score (nSPS) is 26.6. The summed E-state index contributed by atoms with van der Waals surface area (Å²) in [7, 11) is 0. The van der Waals surface area contributed by atoms with Crippen LogP contribution in [0.5, 0.6) is 0 Å². The Kier molecular flexibility index (Phi) is 5.78. The summed E-state index contributed by atoms with van der Waals surface area (Å²) < 4.78 is 58.5. The summed E-state index contributed by atoms with van der Waals surface area (Å²) in [5, 5.41) is 27.9. The first-order valence-corrected chi connectivity index (χ1v) is 10.6. The maximum atomic E-state index is 15.0. The lowest BCUT2D eigenvalue weighted by atomic mass is 9.94. The number of rotatable bonds is 4. The van der Waals surface area contributed by atoms with Crippen molar-refractivity contribution >= 4 is 21.6 Å². The van der Waals surface area contributed by atoms with Gasteiger partial charge in [-0.1, -0.05) is 0 Å². The van der Waals surface area contributed by atoms with Crippen LogP contribution in [0.2, 0.25) is 0 Å². The molecular formula is C19H22BrF4N5O2. The largest absolute Gasteiger partial charge is 0.385 e. The molecule has 0 saturated heterocycles. The fourth-order valence-electron chi connectivity index (χ4n) is 4.19. The van der Waals surface area contributed by atoms with Gasteiger partial charge < -0.3 is 15.5 Å². The van der Waals surface area contributed by atoms with E-state index in [1.165, 1.54) is 17.2 Å². The van der Waals surface area contributed by atoms with Gasteiger partial charge in [-0.3, -0.25) is 9.58 Å². The van der Waals surface area contributed by atoms with Crippen LogP contribution < -0.4 is 5.32 Å². The van der Waals surface area contributed by atoms with Gasteiger partial charge in [-0.05, 0) is 35.3 Å². The van der Waals surface area contributed by atoms with Crippen molar-refractivity contribution in [2.45, 2.75) is 63.2 Å². The van der Waals surface area contributed by atoms with Gasteiger partial charge in [0.2, 0.25) is 0 Å². The minimum absolute atomic E-state index is 0.000420. The van der Waals surface area contributed by atoms with Gasteiger partial charge in [-0.15, -0.1) is 0 Å². The molecule has 2 aliphatic rings. The number of hydrogen-bond donors (Lipinski definition) is 3. The maximum Gasteiger partial charge on any atom is 0.289 e. The van der Waals surface area contributed by atoms with Crippen molar-refractivity contribution in [1.29, 1.82) is 0 Å². The fraction of sp³-hybridized carbons (Fsp3) is 0.579. The molecule has 170 valence electrons. The number of aliphatic hydroxyl groups is 2. The van der Waals surface area contributed by atoms with Crippen LogP contribution in [-0.4, -0.2) is 54.5 Å². The third-order valence-corrected chi connectivity index (χ3v) is 6.47. The zero-order chi connectivity index (χ0) is 22.6. The average molecular weight is 508 g/mol. The third kappa shape index (κ3) is 4.06. The third-order valence-electron chi connectivity index (χ3n) is 5.92. The van der Waals surface area contributed by atoms with Gasteiger partial charge >= 0.3 is 0 Å². The molecule has 12 heteroatoms. The molecule has 7 nitrogen and oxygen atoms in total. The lowest BCUT2D eigenvalue weighted by Crippen LogP contribution is -2.49. The molecule has 0 fully saturated rings. The molecule has 0 aromatic carbocycles. The van der Waals surface area contributed by atoms with E-state index in [2.05, 4.69) is 31.3 Å². The second-order valence-corrected chi connectivity index (χ2v) is 8.95.